The molecule has 2 N–H and O–H groups in total. The summed E-state index contributed by atoms with van der Waals surface area (Å²) < 4.78 is 26.9. The van der Waals surface area contributed by atoms with Gasteiger partial charge in [0.05, 0.1) is 28.9 Å². The lowest BCUT2D eigenvalue weighted by atomic mass is 9.96. The average Bonchev–Trinajstić information content (AvgIpc) is 2.95. The summed E-state index contributed by atoms with van der Waals surface area (Å²) in [5.74, 6) is 0.724. The molecular weight excluding hydrogens is 580 g/mol. The predicted octanol–water partition coefficient (Wildman–Crippen LogP) is 3.33. The first kappa shape index (κ1) is 29.4. The van der Waals surface area contributed by atoms with Crippen LogP contribution in [0, 0.1) is 6.92 Å². The first-order valence-electron chi connectivity index (χ1n) is 13.4. The molecule has 0 bridgehead atoms. The van der Waals surface area contributed by atoms with Crippen molar-refractivity contribution in [2.45, 2.75) is 38.6 Å². The second-order valence-corrected chi connectivity index (χ2v) is 12.6. The minimum absolute atomic E-state index is 0.0327. The molecule has 3 aromatic heterocycles. The minimum atomic E-state index is -3.83. The van der Waals surface area contributed by atoms with Gasteiger partial charge in [0.2, 0.25) is 16.0 Å². The molecule has 12 nitrogen and oxygen atoms in total. The van der Waals surface area contributed by atoms with Crippen molar-refractivity contribution in [2.24, 2.45) is 7.05 Å². The number of piperidine rings is 1. The van der Waals surface area contributed by atoms with Crippen LogP contribution in [0.1, 0.15) is 59.2 Å². The van der Waals surface area contributed by atoms with Gasteiger partial charge in [-0.15, -0.1) is 0 Å². The van der Waals surface area contributed by atoms with Gasteiger partial charge in [-0.2, -0.15) is 0 Å². The van der Waals surface area contributed by atoms with E-state index in [0.29, 0.717) is 29.9 Å². The highest BCUT2D eigenvalue weighted by Gasteiger charge is 2.26. The third-order valence-electron chi connectivity index (χ3n) is 7.25. The zero-order chi connectivity index (χ0) is 30.2. The first-order chi connectivity index (χ1) is 19.9. The Morgan fingerprint density at radius 2 is 1.81 bits per heavy atom. The van der Waals surface area contributed by atoms with Crippen LogP contribution in [0.3, 0.4) is 0 Å². The molecule has 1 saturated heterocycles. The number of sulfonamides is 1. The molecule has 1 fully saturated rings. The molecule has 1 aliphatic heterocycles. The summed E-state index contributed by atoms with van der Waals surface area (Å²) in [5.41, 5.74) is 2.08. The van der Waals surface area contributed by atoms with Crippen LogP contribution in [0.4, 0.5) is 11.6 Å². The fraction of sp³-hybridized carbons (Fsp3) is 0.357. The van der Waals surface area contributed by atoms with Crippen LogP contribution in [0.5, 0.6) is 0 Å². The van der Waals surface area contributed by atoms with Gasteiger partial charge in [0, 0.05) is 44.0 Å². The summed E-state index contributed by atoms with van der Waals surface area (Å²) in [6.07, 6.45) is 6.05. The molecule has 1 aromatic carbocycles. The summed E-state index contributed by atoms with van der Waals surface area (Å²) in [4.78, 5) is 46.3. The van der Waals surface area contributed by atoms with Crippen molar-refractivity contribution in [1.29, 1.82) is 0 Å². The standard InChI is InChI=1S/C28H31ClN8O4S/c1-16-14-19(17(2)32-21-6-7-22(29)33-24(21)26(38)35-42(4,40)41)23-20(15-16)27(39)36(3)28(34-23)37-12-8-18(9-13-37)25-30-10-5-11-31-25/h5-7,10-11,14-15,17-18,32H,8-9,12-13H2,1-4H3,(H,35,38)/t17-/m1/s1. The van der Waals surface area contributed by atoms with Gasteiger partial charge >= 0.3 is 0 Å². The second kappa shape index (κ2) is 11.6. The molecule has 42 heavy (non-hydrogen) atoms. The molecule has 0 unspecified atom stereocenters. The van der Waals surface area contributed by atoms with Gasteiger partial charge < -0.3 is 10.2 Å². The van der Waals surface area contributed by atoms with E-state index in [9.17, 15) is 18.0 Å². The number of aromatic nitrogens is 5. The number of hydrogen-bond donors (Lipinski definition) is 2. The van der Waals surface area contributed by atoms with E-state index in [2.05, 4.69) is 25.2 Å². The lowest BCUT2D eigenvalue weighted by molar-refractivity contribution is 0.0977. The number of aryl methyl sites for hydroxylation is 1. The normalized spacial score (nSPS) is 15.0. The number of amides is 1. The van der Waals surface area contributed by atoms with Crippen molar-refractivity contribution in [1.82, 2.24) is 29.2 Å². The smallest absolute Gasteiger partial charge is 0.285 e. The number of carbonyl (C=O) groups excluding carboxylic acids is 1. The Balaban J connectivity index is 1.49. The summed E-state index contributed by atoms with van der Waals surface area (Å²) in [7, 11) is -2.10. The van der Waals surface area contributed by atoms with E-state index in [1.165, 1.54) is 6.07 Å². The molecule has 1 atom stereocenters. The van der Waals surface area contributed by atoms with Gasteiger partial charge in [0.1, 0.15) is 11.0 Å². The highest BCUT2D eigenvalue weighted by atomic mass is 35.5. The lowest BCUT2D eigenvalue weighted by Gasteiger charge is -2.33. The molecule has 4 aromatic rings. The van der Waals surface area contributed by atoms with Crippen molar-refractivity contribution >= 4 is 50.1 Å². The van der Waals surface area contributed by atoms with Crippen LogP contribution in [-0.4, -0.2) is 58.2 Å². The molecular formula is C28H31ClN8O4S. The number of halogens is 1. The number of rotatable bonds is 7. The zero-order valence-corrected chi connectivity index (χ0v) is 25.2. The zero-order valence-electron chi connectivity index (χ0n) is 23.6. The van der Waals surface area contributed by atoms with Crippen molar-refractivity contribution in [3.63, 3.8) is 0 Å². The Labute approximate surface area is 248 Å². The number of fused-ring (bicyclic) bond motifs is 1. The van der Waals surface area contributed by atoms with Crippen LogP contribution in [-0.2, 0) is 17.1 Å². The highest BCUT2D eigenvalue weighted by molar-refractivity contribution is 7.89. The molecule has 1 aliphatic rings. The predicted molar refractivity (Wildman–Crippen MR) is 162 cm³/mol. The summed E-state index contributed by atoms with van der Waals surface area (Å²) >= 11 is 6.02. The van der Waals surface area contributed by atoms with E-state index in [1.54, 1.807) is 36.1 Å². The van der Waals surface area contributed by atoms with Gasteiger partial charge in [-0.1, -0.05) is 17.7 Å². The van der Waals surface area contributed by atoms with E-state index >= 15 is 0 Å². The quantitative estimate of drug-likeness (QED) is 0.298. The largest absolute Gasteiger partial charge is 0.377 e. The molecule has 14 heteroatoms. The Morgan fingerprint density at radius 1 is 1.12 bits per heavy atom. The van der Waals surface area contributed by atoms with Crippen molar-refractivity contribution in [3.8, 4) is 0 Å². The second-order valence-electron chi connectivity index (χ2n) is 10.5. The Morgan fingerprint density at radius 3 is 2.48 bits per heavy atom. The summed E-state index contributed by atoms with van der Waals surface area (Å²) in [5, 5.41) is 3.75. The number of anilines is 2. The molecule has 0 saturated carbocycles. The van der Waals surface area contributed by atoms with Crippen LogP contribution in [0.25, 0.3) is 10.9 Å². The van der Waals surface area contributed by atoms with Crippen molar-refractivity contribution < 1.29 is 13.2 Å². The molecule has 220 valence electrons. The van der Waals surface area contributed by atoms with Gasteiger partial charge in [-0.25, -0.2) is 33.1 Å². The molecule has 4 heterocycles. The monoisotopic (exact) mass is 610 g/mol. The van der Waals surface area contributed by atoms with Crippen LogP contribution in [0.2, 0.25) is 5.15 Å². The molecule has 0 spiro atoms. The average molecular weight is 611 g/mol. The topological polar surface area (TPSA) is 152 Å². The van der Waals surface area contributed by atoms with E-state index in [-0.39, 0.29) is 28.0 Å². The fourth-order valence-corrected chi connectivity index (χ4v) is 5.85. The van der Waals surface area contributed by atoms with Crippen molar-refractivity contribution in [3.05, 3.63) is 80.9 Å². The minimum Gasteiger partial charge on any atom is -0.377 e. The van der Waals surface area contributed by atoms with Crippen molar-refractivity contribution in [2.75, 3.05) is 29.6 Å². The molecule has 5 rings (SSSR count). The number of carbonyl (C=O) groups is 1. The van der Waals surface area contributed by atoms with E-state index in [4.69, 9.17) is 16.6 Å². The number of pyridine rings is 1. The SMILES string of the molecule is Cc1cc([C@@H](C)Nc2ccc(Cl)nc2C(=O)NS(C)(=O)=O)c2nc(N3CCC(c4ncccn4)CC3)n(C)c(=O)c2c1. The van der Waals surface area contributed by atoms with Gasteiger partial charge in [-0.3, -0.25) is 14.2 Å². The maximum Gasteiger partial charge on any atom is 0.285 e. The number of benzene rings is 1. The van der Waals surface area contributed by atoms with Crippen LogP contribution < -0.4 is 20.5 Å². The third-order valence-corrected chi connectivity index (χ3v) is 8.02. The Hall–Kier alpha value is -4.10. The lowest BCUT2D eigenvalue weighted by Crippen LogP contribution is -2.38. The van der Waals surface area contributed by atoms with Gasteiger partial charge in [0.25, 0.3) is 11.5 Å². The maximum absolute atomic E-state index is 13.6. The number of nitrogens with zero attached hydrogens (tertiary/aromatic N) is 6. The molecule has 0 radical (unpaired) electrons. The summed E-state index contributed by atoms with van der Waals surface area (Å²) in [6.45, 7) is 5.15. The van der Waals surface area contributed by atoms with E-state index in [1.807, 2.05) is 30.7 Å². The van der Waals surface area contributed by atoms with Crippen LogP contribution in [0.15, 0.2) is 47.5 Å². The highest BCUT2D eigenvalue weighted by Crippen LogP contribution is 2.31. The Bertz CT molecular complexity index is 1820. The van der Waals surface area contributed by atoms with E-state index < -0.39 is 22.0 Å². The summed E-state index contributed by atoms with van der Waals surface area (Å²) in [6, 6.07) is 8.16. The third kappa shape index (κ3) is 6.21. The number of hydrogen-bond acceptors (Lipinski definition) is 10. The van der Waals surface area contributed by atoms with E-state index in [0.717, 1.165) is 36.0 Å². The van der Waals surface area contributed by atoms with Crippen LogP contribution >= 0.6 is 11.6 Å². The molecule has 0 aliphatic carbocycles. The molecule has 1 amide bonds. The Kier molecular flexibility index (Phi) is 8.15. The number of nitrogens with one attached hydrogen (secondary N) is 2. The van der Waals surface area contributed by atoms with Gasteiger partial charge in [-0.05, 0) is 56.5 Å². The maximum atomic E-state index is 13.6. The fourth-order valence-electron chi connectivity index (χ4n) is 5.27. The first-order valence-corrected chi connectivity index (χ1v) is 15.7. The van der Waals surface area contributed by atoms with Gasteiger partial charge in [0.15, 0.2) is 5.69 Å².